The molecule has 0 unspecified atom stereocenters. The van der Waals surface area contributed by atoms with E-state index in [0.717, 1.165) is 12.2 Å². The molecule has 2 rings (SSSR count). The monoisotopic (exact) mass is 360 g/mol. The van der Waals surface area contributed by atoms with Crippen molar-refractivity contribution < 1.29 is 17.7 Å². The fourth-order valence-electron chi connectivity index (χ4n) is 2.32. The summed E-state index contributed by atoms with van der Waals surface area (Å²) in [5, 5.41) is 0. The summed E-state index contributed by atoms with van der Waals surface area (Å²) in [6, 6.07) is 5.78. The van der Waals surface area contributed by atoms with E-state index in [4.69, 9.17) is 4.74 Å². The molecule has 0 saturated heterocycles. The highest BCUT2D eigenvalue weighted by atomic mass is 32.2. The first kappa shape index (κ1) is 20.5. The van der Waals surface area contributed by atoms with E-state index in [1.54, 1.807) is 12.1 Å². The zero-order valence-electron chi connectivity index (χ0n) is 14.3. The molecule has 1 fully saturated rings. The molecule has 0 radical (unpaired) electrons. The number of rotatable bonds is 5. The Morgan fingerprint density at radius 2 is 1.70 bits per heavy atom. The van der Waals surface area contributed by atoms with Gasteiger partial charge in [0.25, 0.3) is 0 Å². The Balaban J connectivity index is 0.000000231. The first-order valence-electron chi connectivity index (χ1n) is 7.97. The van der Waals surface area contributed by atoms with Gasteiger partial charge in [-0.1, -0.05) is 37.0 Å². The van der Waals surface area contributed by atoms with Gasteiger partial charge in [0.05, 0.1) is 30.1 Å². The van der Waals surface area contributed by atoms with Crippen molar-refractivity contribution in [3.05, 3.63) is 29.8 Å². The summed E-state index contributed by atoms with van der Waals surface area (Å²) in [6.07, 6.45) is 12.0. The second-order valence-corrected chi connectivity index (χ2v) is 9.85. The van der Waals surface area contributed by atoms with Crippen molar-refractivity contribution in [3.8, 4) is 0 Å². The van der Waals surface area contributed by atoms with Crippen LogP contribution in [0.1, 0.15) is 37.7 Å². The number of hydrogen-bond acceptors (Lipinski definition) is 4. The van der Waals surface area contributed by atoms with Crippen LogP contribution in [0.3, 0.4) is 0 Å². The van der Waals surface area contributed by atoms with Gasteiger partial charge in [0.2, 0.25) is 0 Å². The minimum atomic E-state index is -4.27. The highest BCUT2D eigenvalue weighted by molar-refractivity contribution is 7.95. The average molecular weight is 361 g/mol. The van der Waals surface area contributed by atoms with Gasteiger partial charge in [-0.25, -0.2) is 8.42 Å². The maximum absolute atomic E-state index is 10.4. The quantitative estimate of drug-likeness (QED) is 0.598. The lowest BCUT2D eigenvalue weighted by Crippen LogP contribution is -2.20. The maximum atomic E-state index is 10.4. The summed E-state index contributed by atoms with van der Waals surface area (Å²) in [5.41, 5.74) is 0.928. The van der Waals surface area contributed by atoms with E-state index in [1.165, 1.54) is 50.0 Å². The Kier molecular flexibility index (Phi) is 9.20. The summed E-state index contributed by atoms with van der Waals surface area (Å²) >= 11 is 0. The first-order chi connectivity index (χ1) is 10.8. The van der Waals surface area contributed by atoms with Crippen molar-refractivity contribution in [1.29, 1.82) is 0 Å². The van der Waals surface area contributed by atoms with Gasteiger partial charge in [-0.15, -0.1) is 0 Å². The van der Waals surface area contributed by atoms with E-state index >= 15 is 0 Å². The summed E-state index contributed by atoms with van der Waals surface area (Å²) in [4.78, 5) is -0.178. The van der Waals surface area contributed by atoms with E-state index in [1.807, 2.05) is 6.92 Å². The highest BCUT2D eigenvalue weighted by Gasteiger charge is 2.14. The topological polar surface area (TPSA) is 66.4 Å². The SMILES string of the molecule is C[S+](C)CCOC1CCCCC1.Cc1ccc(S(=O)(=O)[O-])cc1. The van der Waals surface area contributed by atoms with E-state index in [2.05, 4.69) is 12.5 Å². The average Bonchev–Trinajstić information content (AvgIpc) is 2.48. The van der Waals surface area contributed by atoms with Crippen molar-refractivity contribution in [3.63, 3.8) is 0 Å². The maximum Gasteiger partial charge on any atom is 0.130 e. The van der Waals surface area contributed by atoms with Crippen LogP contribution in [-0.2, 0) is 25.7 Å². The predicted molar refractivity (Wildman–Crippen MR) is 96.0 cm³/mol. The van der Waals surface area contributed by atoms with E-state index in [-0.39, 0.29) is 4.90 Å². The molecule has 23 heavy (non-hydrogen) atoms. The van der Waals surface area contributed by atoms with Crippen molar-refractivity contribution in [2.45, 2.75) is 50.0 Å². The molecule has 6 heteroatoms. The second-order valence-electron chi connectivity index (χ2n) is 6.09. The van der Waals surface area contributed by atoms with Crippen LogP contribution in [0.5, 0.6) is 0 Å². The van der Waals surface area contributed by atoms with Crippen LogP contribution in [0.4, 0.5) is 0 Å². The summed E-state index contributed by atoms with van der Waals surface area (Å²) < 4.78 is 37.0. The lowest BCUT2D eigenvalue weighted by atomic mass is 9.98. The second kappa shape index (κ2) is 10.3. The largest absolute Gasteiger partial charge is 0.744 e. The van der Waals surface area contributed by atoms with Crippen molar-refractivity contribution >= 4 is 21.0 Å². The smallest absolute Gasteiger partial charge is 0.130 e. The molecule has 0 aliphatic heterocycles. The molecule has 1 aromatic carbocycles. The number of benzene rings is 1. The third kappa shape index (κ3) is 9.35. The molecule has 0 heterocycles. The molecule has 1 aliphatic rings. The number of aryl methyl sites for hydroxylation is 1. The van der Waals surface area contributed by atoms with Crippen LogP contribution in [0.15, 0.2) is 29.2 Å². The Hall–Kier alpha value is -0.560. The molecule has 0 N–H and O–H groups in total. The van der Waals surface area contributed by atoms with Gasteiger partial charge in [-0.05, 0) is 42.8 Å². The highest BCUT2D eigenvalue weighted by Crippen LogP contribution is 2.20. The van der Waals surface area contributed by atoms with Gasteiger partial charge >= 0.3 is 0 Å². The number of ether oxygens (including phenoxy) is 1. The zero-order valence-corrected chi connectivity index (χ0v) is 15.9. The third-order valence-corrected chi connectivity index (χ3v) is 5.54. The zero-order chi connectivity index (χ0) is 17.3. The van der Waals surface area contributed by atoms with Crippen LogP contribution in [0, 0.1) is 6.92 Å². The van der Waals surface area contributed by atoms with Crippen LogP contribution >= 0.6 is 0 Å². The molecule has 0 atom stereocenters. The van der Waals surface area contributed by atoms with E-state index < -0.39 is 10.1 Å². The van der Waals surface area contributed by atoms with Crippen molar-refractivity contribution in [2.24, 2.45) is 0 Å². The van der Waals surface area contributed by atoms with Crippen LogP contribution in [0.2, 0.25) is 0 Å². The summed E-state index contributed by atoms with van der Waals surface area (Å²) in [7, 11) is -3.71. The Morgan fingerprint density at radius 3 is 2.17 bits per heavy atom. The van der Waals surface area contributed by atoms with Crippen LogP contribution < -0.4 is 0 Å². The van der Waals surface area contributed by atoms with Gasteiger partial charge < -0.3 is 9.29 Å². The van der Waals surface area contributed by atoms with Crippen molar-refractivity contribution in [2.75, 3.05) is 24.9 Å². The number of hydrogen-bond donors (Lipinski definition) is 0. The van der Waals surface area contributed by atoms with Crippen molar-refractivity contribution in [1.82, 2.24) is 0 Å². The van der Waals surface area contributed by atoms with Gasteiger partial charge in [0, 0.05) is 0 Å². The molecule has 1 saturated carbocycles. The molecule has 4 nitrogen and oxygen atoms in total. The molecule has 0 spiro atoms. The normalized spacial score (nSPS) is 16.0. The van der Waals surface area contributed by atoms with Gasteiger partial charge in [-0.3, -0.25) is 0 Å². The molecular weight excluding hydrogens is 332 g/mol. The lowest BCUT2D eigenvalue weighted by Gasteiger charge is -2.21. The lowest BCUT2D eigenvalue weighted by molar-refractivity contribution is 0.0383. The Morgan fingerprint density at radius 1 is 1.13 bits per heavy atom. The molecular formula is C17H28O4S2. The Labute approximate surface area is 143 Å². The molecule has 0 amide bonds. The van der Waals surface area contributed by atoms with Gasteiger partial charge in [0.15, 0.2) is 0 Å². The fourth-order valence-corrected chi connectivity index (χ4v) is 3.22. The standard InChI is InChI=1S/C10H21OS.C7H8O3S/c1-12(2)9-8-11-10-6-4-3-5-7-10;1-6-2-4-7(5-3-6)11(8,9)10/h10H,3-9H2,1-2H3;2-5H,1H3,(H,8,9,10)/q+1;/p-1. The van der Waals surface area contributed by atoms with Gasteiger partial charge in [0.1, 0.15) is 15.9 Å². The van der Waals surface area contributed by atoms with Gasteiger partial charge in [-0.2, -0.15) is 0 Å². The summed E-state index contributed by atoms with van der Waals surface area (Å²) in [5.74, 6) is 1.25. The third-order valence-electron chi connectivity index (χ3n) is 3.71. The molecule has 0 aromatic heterocycles. The van der Waals surface area contributed by atoms with E-state index in [9.17, 15) is 13.0 Å². The molecule has 132 valence electrons. The summed E-state index contributed by atoms with van der Waals surface area (Å²) in [6.45, 7) is 2.81. The first-order valence-corrected chi connectivity index (χ1v) is 11.6. The minimum Gasteiger partial charge on any atom is -0.744 e. The minimum absolute atomic E-state index is 0.178. The molecule has 1 aromatic rings. The fraction of sp³-hybridized carbons (Fsp3) is 0.647. The van der Waals surface area contributed by atoms with Crippen LogP contribution in [-0.4, -0.2) is 43.9 Å². The predicted octanol–water partition coefficient (Wildman–Crippen LogP) is 3.11. The molecule has 0 bridgehead atoms. The van der Waals surface area contributed by atoms with E-state index in [0.29, 0.717) is 17.0 Å². The molecule has 1 aliphatic carbocycles. The Bertz CT molecular complexity index is 532. The van der Waals surface area contributed by atoms with Crippen LogP contribution in [0.25, 0.3) is 0 Å².